The minimum absolute atomic E-state index is 0.0646. The highest BCUT2D eigenvalue weighted by Crippen LogP contribution is 2.37. The molecule has 0 aliphatic rings. The molecule has 0 aromatic heterocycles. The standard InChI is InChI=1S/C8H12F6O5S2/c1-2-4-19-5-3-6(20(15,16)7(9,10)11)21(17,18)8(12,13)14/h6H,2-5H2,1H3. The van der Waals surface area contributed by atoms with E-state index in [0.717, 1.165) is 0 Å². The van der Waals surface area contributed by atoms with E-state index in [9.17, 15) is 43.2 Å². The van der Waals surface area contributed by atoms with Gasteiger partial charge in [0.1, 0.15) is 0 Å². The van der Waals surface area contributed by atoms with E-state index in [1.807, 2.05) is 0 Å². The van der Waals surface area contributed by atoms with Crippen LogP contribution in [0, 0.1) is 0 Å². The van der Waals surface area contributed by atoms with Gasteiger partial charge in [0.15, 0.2) is 4.58 Å². The third-order valence-corrected chi connectivity index (χ3v) is 6.85. The Hall–Kier alpha value is -0.560. The van der Waals surface area contributed by atoms with Crippen molar-refractivity contribution >= 4 is 19.7 Å². The number of sulfone groups is 2. The van der Waals surface area contributed by atoms with Crippen molar-refractivity contribution in [3.8, 4) is 0 Å². The molecule has 0 radical (unpaired) electrons. The molecule has 0 saturated carbocycles. The number of halogens is 6. The van der Waals surface area contributed by atoms with Crippen molar-refractivity contribution in [3.63, 3.8) is 0 Å². The average molecular weight is 366 g/mol. The Kier molecular flexibility index (Phi) is 6.51. The normalized spacial score (nSPS) is 14.7. The second kappa shape index (κ2) is 6.69. The maximum Gasteiger partial charge on any atom is 0.498 e. The molecule has 0 unspecified atom stereocenters. The van der Waals surface area contributed by atoms with Crippen molar-refractivity contribution in [2.24, 2.45) is 0 Å². The van der Waals surface area contributed by atoms with Gasteiger partial charge in [-0.1, -0.05) is 6.92 Å². The van der Waals surface area contributed by atoms with E-state index in [-0.39, 0.29) is 6.61 Å². The second-order valence-corrected chi connectivity index (χ2v) is 8.35. The lowest BCUT2D eigenvalue weighted by Gasteiger charge is -2.20. The molecular formula is C8H12F6O5S2. The first-order valence-corrected chi connectivity index (χ1v) is 8.47. The lowest BCUT2D eigenvalue weighted by atomic mass is 10.5. The molecule has 128 valence electrons. The number of ether oxygens (including phenoxy) is 1. The number of alkyl halides is 6. The molecular weight excluding hydrogens is 354 g/mol. The Morgan fingerprint density at radius 1 is 0.857 bits per heavy atom. The zero-order valence-corrected chi connectivity index (χ0v) is 12.2. The van der Waals surface area contributed by atoms with Crippen molar-refractivity contribution in [1.82, 2.24) is 0 Å². The Bertz CT molecular complexity index is 488. The van der Waals surface area contributed by atoms with Crippen molar-refractivity contribution in [1.29, 1.82) is 0 Å². The molecule has 0 atom stereocenters. The minimum atomic E-state index is -6.55. The maximum atomic E-state index is 12.3. The van der Waals surface area contributed by atoms with Gasteiger partial charge in [-0.25, -0.2) is 16.8 Å². The van der Waals surface area contributed by atoms with Crippen LogP contribution in [0.25, 0.3) is 0 Å². The summed E-state index contributed by atoms with van der Waals surface area (Å²) in [7, 11) is -13.1. The Balaban J connectivity index is 5.63. The van der Waals surface area contributed by atoms with E-state index in [4.69, 9.17) is 0 Å². The van der Waals surface area contributed by atoms with Gasteiger partial charge in [-0.05, 0) is 6.42 Å². The molecule has 0 aliphatic carbocycles. The summed E-state index contributed by atoms with van der Waals surface area (Å²) in [5.74, 6) is 0. The van der Waals surface area contributed by atoms with E-state index >= 15 is 0 Å². The van der Waals surface area contributed by atoms with Gasteiger partial charge in [0.25, 0.3) is 19.7 Å². The van der Waals surface area contributed by atoms with E-state index < -0.39 is 48.3 Å². The molecule has 21 heavy (non-hydrogen) atoms. The predicted molar refractivity (Wildman–Crippen MR) is 59.5 cm³/mol. The molecule has 13 heteroatoms. The number of rotatable bonds is 7. The lowest BCUT2D eigenvalue weighted by molar-refractivity contribution is -0.0475. The summed E-state index contributed by atoms with van der Waals surface area (Å²) >= 11 is 0. The number of hydrogen-bond acceptors (Lipinski definition) is 5. The van der Waals surface area contributed by atoms with Crippen LogP contribution in [0.1, 0.15) is 19.8 Å². The van der Waals surface area contributed by atoms with Crippen LogP contribution in [0.15, 0.2) is 0 Å². The molecule has 0 bridgehead atoms. The molecule has 0 N–H and O–H groups in total. The van der Waals surface area contributed by atoms with Crippen LogP contribution in [-0.4, -0.2) is 45.6 Å². The summed E-state index contributed by atoms with van der Waals surface area (Å²) in [4.78, 5) is 0. The SMILES string of the molecule is CCCOCCC(S(=O)(=O)C(F)(F)F)S(=O)(=O)C(F)(F)F. The minimum Gasteiger partial charge on any atom is -0.381 e. The molecule has 0 aliphatic heterocycles. The van der Waals surface area contributed by atoms with Crippen molar-refractivity contribution in [3.05, 3.63) is 0 Å². The zero-order chi connectivity index (χ0) is 17.1. The van der Waals surface area contributed by atoms with Crippen LogP contribution in [0.3, 0.4) is 0 Å². The van der Waals surface area contributed by atoms with Gasteiger partial charge in [-0.3, -0.25) is 0 Å². The van der Waals surface area contributed by atoms with E-state index in [2.05, 4.69) is 4.74 Å². The fourth-order valence-electron chi connectivity index (χ4n) is 1.20. The van der Waals surface area contributed by atoms with Gasteiger partial charge >= 0.3 is 11.0 Å². The van der Waals surface area contributed by atoms with Crippen molar-refractivity contribution in [2.45, 2.75) is 35.4 Å². The third-order valence-electron chi connectivity index (χ3n) is 2.18. The Labute approximate surface area is 117 Å². The van der Waals surface area contributed by atoms with E-state index in [1.54, 1.807) is 6.92 Å². The maximum absolute atomic E-state index is 12.3. The van der Waals surface area contributed by atoms with Crippen molar-refractivity contribution < 1.29 is 47.9 Å². The molecule has 0 spiro atoms. The molecule has 0 amide bonds. The van der Waals surface area contributed by atoms with Crippen LogP contribution in [0.4, 0.5) is 26.3 Å². The average Bonchev–Trinajstić information content (AvgIpc) is 2.25. The summed E-state index contributed by atoms with van der Waals surface area (Å²) in [6.45, 7) is 0.643. The summed E-state index contributed by atoms with van der Waals surface area (Å²) in [6.07, 6.45) is -1.10. The highest BCUT2D eigenvalue weighted by Gasteiger charge is 2.62. The molecule has 0 saturated heterocycles. The van der Waals surface area contributed by atoms with Gasteiger partial charge in [0.05, 0.1) is 0 Å². The monoisotopic (exact) mass is 366 g/mol. The fourth-order valence-corrected chi connectivity index (χ4v) is 4.60. The second-order valence-electron chi connectivity index (χ2n) is 3.81. The molecule has 0 fully saturated rings. The van der Waals surface area contributed by atoms with Crippen LogP contribution >= 0.6 is 0 Å². The highest BCUT2D eigenvalue weighted by molar-refractivity contribution is 8.09. The van der Waals surface area contributed by atoms with Crippen LogP contribution in [0.5, 0.6) is 0 Å². The predicted octanol–water partition coefficient (Wildman–Crippen LogP) is 2.00. The summed E-state index contributed by atoms with van der Waals surface area (Å²) in [5, 5.41) is 0. The largest absolute Gasteiger partial charge is 0.498 e. The highest BCUT2D eigenvalue weighted by atomic mass is 32.3. The van der Waals surface area contributed by atoms with Crippen LogP contribution < -0.4 is 0 Å². The topological polar surface area (TPSA) is 77.5 Å². The lowest BCUT2D eigenvalue weighted by Crippen LogP contribution is -2.45. The van der Waals surface area contributed by atoms with E-state index in [0.29, 0.717) is 6.42 Å². The molecule has 0 heterocycles. The zero-order valence-electron chi connectivity index (χ0n) is 10.5. The molecule has 0 aromatic rings. The van der Waals surface area contributed by atoms with Gasteiger partial charge in [-0.2, -0.15) is 26.3 Å². The molecule has 0 aromatic carbocycles. The third kappa shape index (κ3) is 4.71. The smallest absolute Gasteiger partial charge is 0.381 e. The van der Waals surface area contributed by atoms with Gasteiger partial charge in [-0.15, -0.1) is 0 Å². The van der Waals surface area contributed by atoms with Crippen LogP contribution in [-0.2, 0) is 24.4 Å². The Morgan fingerprint density at radius 3 is 1.52 bits per heavy atom. The van der Waals surface area contributed by atoms with Crippen LogP contribution in [0.2, 0.25) is 0 Å². The summed E-state index contributed by atoms with van der Waals surface area (Å²) < 4.78 is 119. The molecule has 5 nitrogen and oxygen atoms in total. The molecule has 0 rings (SSSR count). The van der Waals surface area contributed by atoms with Gasteiger partial charge < -0.3 is 4.74 Å². The van der Waals surface area contributed by atoms with Gasteiger partial charge in [0, 0.05) is 19.6 Å². The Morgan fingerprint density at radius 2 is 1.24 bits per heavy atom. The fraction of sp³-hybridized carbons (Fsp3) is 1.00. The number of hydrogen-bond donors (Lipinski definition) is 0. The summed E-state index contributed by atoms with van der Waals surface area (Å²) in [5.41, 5.74) is -12.2. The first-order chi connectivity index (χ1) is 9.19. The first kappa shape index (κ1) is 20.4. The first-order valence-electron chi connectivity index (χ1n) is 5.37. The van der Waals surface area contributed by atoms with Crippen molar-refractivity contribution in [2.75, 3.05) is 13.2 Å². The summed E-state index contributed by atoms with van der Waals surface area (Å²) in [6, 6.07) is 0. The quantitative estimate of drug-likeness (QED) is 0.509. The van der Waals surface area contributed by atoms with E-state index in [1.165, 1.54) is 0 Å². The van der Waals surface area contributed by atoms with Gasteiger partial charge in [0.2, 0.25) is 0 Å².